The summed E-state index contributed by atoms with van der Waals surface area (Å²) in [7, 11) is 0. The Morgan fingerprint density at radius 1 is 1.27 bits per heavy atom. The fourth-order valence-corrected chi connectivity index (χ4v) is 2.96. The van der Waals surface area contributed by atoms with Gasteiger partial charge in [-0.3, -0.25) is 19.7 Å². The van der Waals surface area contributed by atoms with E-state index in [9.17, 15) is 32.9 Å². The summed E-state index contributed by atoms with van der Waals surface area (Å²) >= 11 is 0. The number of nitro groups is 1. The molecule has 0 unspecified atom stereocenters. The molecule has 8 nitrogen and oxygen atoms in total. The van der Waals surface area contributed by atoms with Crippen LogP contribution in [0.2, 0.25) is 0 Å². The number of nitrogens with zero attached hydrogens (tertiary/aromatic N) is 2. The predicted octanol–water partition coefficient (Wildman–Crippen LogP) is 2.68. The molecular weight excluding hydrogens is 361 g/mol. The molecule has 26 heavy (non-hydrogen) atoms. The number of nitro benzene ring substituents is 1. The van der Waals surface area contributed by atoms with Gasteiger partial charge in [0.05, 0.1) is 16.8 Å². The summed E-state index contributed by atoms with van der Waals surface area (Å²) in [6, 6.07) is 4.78. The van der Waals surface area contributed by atoms with Gasteiger partial charge < -0.3 is 14.4 Å². The minimum absolute atomic E-state index is 0.153. The van der Waals surface area contributed by atoms with Crippen molar-refractivity contribution in [3.8, 4) is 0 Å². The van der Waals surface area contributed by atoms with Gasteiger partial charge in [0, 0.05) is 30.6 Å². The first kappa shape index (κ1) is 17.7. The number of carbonyl (C=O) groups excluding carboxylic acids is 1. The molecule has 0 saturated carbocycles. The van der Waals surface area contributed by atoms with Crippen LogP contribution in [0.25, 0.3) is 11.0 Å². The molecule has 2 aromatic rings. The van der Waals surface area contributed by atoms with Crippen molar-refractivity contribution in [2.45, 2.75) is 6.18 Å². The summed E-state index contributed by atoms with van der Waals surface area (Å²) in [5.74, 6) is -6.78. The first-order valence-electron chi connectivity index (χ1n) is 7.34. The number of carboxylic acid groups (broad SMARTS) is 1. The molecule has 2 atom stereocenters. The van der Waals surface area contributed by atoms with E-state index in [2.05, 4.69) is 0 Å². The monoisotopic (exact) mass is 372 g/mol. The zero-order valence-corrected chi connectivity index (χ0v) is 12.9. The number of aliphatic carboxylic acids is 1. The van der Waals surface area contributed by atoms with Crippen LogP contribution in [0.1, 0.15) is 10.6 Å². The van der Waals surface area contributed by atoms with Gasteiger partial charge in [0.25, 0.3) is 11.6 Å². The average Bonchev–Trinajstić information content (AvgIpc) is 3.17. The number of fused-ring (bicyclic) bond motifs is 1. The summed E-state index contributed by atoms with van der Waals surface area (Å²) in [6.07, 6.45) is -4.76. The van der Waals surface area contributed by atoms with E-state index in [1.165, 1.54) is 12.1 Å². The molecule has 1 aliphatic heterocycles. The third kappa shape index (κ3) is 3.07. The Bertz CT molecular complexity index is 906. The first-order chi connectivity index (χ1) is 12.1. The van der Waals surface area contributed by atoms with Crippen LogP contribution in [0.15, 0.2) is 28.7 Å². The average molecular weight is 372 g/mol. The lowest BCUT2D eigenvalue weighted by Gasteiger charge is -2.17. The minimum Gasteiger partial charge on any atom is -0.481 e. The van der Waals surface area contributed by atoms with Crippen LogP contribution in [-0.2, 0) is 4.79 Å². The van der Waals surface area contributed by atoms with Crippen molar-refractivity contribution in [1.29, 1.82) is 0 Å². The van der Waals surface area contributed by atoms with Crippen molar-refractivity contribution < 1.29 is 37.2 Å². The lowest BCUT2D eigenvalue weighted by atomic mass is 9.96. The number of non-ortho nitro benzene ring substituents is 1. The topological polar surface area (TPSA) is 114 Å². The van der Waals surface area contributed by atoms with Crippen molar-refractivity contribution in [1.82, 2.24) is 4.90 Å². The highest BCUT2D eigenvalue weighted by Crippen LogP contribution is 2.38. The number of likely N-dealkylation sites (tertiary alicyclic amines) is 1. The molecule has 2 heterocycles. The largest absolute Gasteiger partial charge is 0.481 e. The highest BCUT2D eigenvalue weighted by Gasteiger charge is 2.53. The molecule has 138 valence electrons. The van der Waals surface area contributed by atoms with Gasteiger partial charge in [0.15, 0.2) is 5.76 Å². The molecule has 1 N–H and O–H groups in total. The number of carbonyl (C=O) groups is 2. The van der Waals surface area contributed by atoms with Gasteiger partial charge in [0.1, 0.15) is 5.58 Å². The van der Waals surface area contributed by atoms with E-state index in [-0.39, 0.29) is 22.4 Å². The Morgan fingerprint density at radius 2 is 1.96 bits per heavy atom. The van der Waals surface area contributed by atoms with Crippen molar-refractivity contribution in [2.24, 2.45) is 11.8 Å². The normalized spacial score (nSPS) is 20.5. The Labute approximate surface area is 142 Å². The lowest BCUT2D eigenvalue weighted by molar-refractivity contribution is -0.384. The molecule has 1 aromatic carbocycles. The van der Waals surface area contributed by atoms with Gasteiger partial charge in [-0.2, -0.15) is 13.2 Å². The second kappa shape index (κ2) is 6.00. The second-order valence-electron chi connectivity index (χ2n) is 5.89. The molecule has 1 amide bonds. The summed E-state index contributed by atoms with van der Waals surface area (Å²) in [5.41, 5.74) is -0.0816. The molecule has 0 bridgehead atoms. The number of carboxylic acids is 1. The molecule has 0 aliphatic carbocycles. The van der Waals surface area contributed by atoms with Gasteiger partial charge in [-0.15, -0.1) is 0 Å². The van der Waals surface area contributed by atoms with Crippen LogP contribution >= 0.6 is 0 Å². The Hall–Kier alpha value is -3.11. The van der Waals surface area contributed by atoms with E-state index in [4.69, 9.17) is 9.52 Å². The summed E-state index contributed by atoms with van der Waals surface area (Å²) in [5, 5.41) is 20.0. The molecule has 0 spiro atoms. The van der Waals surface area contributed by atoms with E-state index in [0.29, 0.717) is 0 Å². The number of hydrogen-bond acceptors (Lipinski definition) is 5. The molecule has 1 aliphatic rings. The molecule has 1 aromatic heterocycles. The van der Waals surface area contributed by atoms with Crippen LogP contribution in [0.4, 0.5) is 18.9 Å². The van der Waals surface area contributed by atoms with E-state index >= 15 is 0 Å². The fourth-order valence-electron chi connectivity index (χ4n) is 2.96. The van der Waals surface area contributed by atoms with E-state index in [0.717, 1.165) is 17.0 Å². The third-order valence-electron chi connectivity index (χ3n) is 4.27. The van der Waals surface area contributed by atoms with Gasteiger partial charge in [-0.1, -0.05) is 0 Å². The number of halogens is 3. The molecule has 3 rings (SSSR count). The Kier molecular flexibility index (Phi) is 4.09. The second-order valence-corrected chi connectivity index (χ2v) is 5.89. The Balaban J connectivity index is 1.88. The first-order valence-corrected chi connectivity index (χ1v) is 7.34. The molecule has 1 saturated heterocycles. The highest BCUT2D eigenvalue weighted by atomic mass is 19.4. The predicted molar refractivity (Wildman–Crippen MR) is 79.4 cm³/mol. The smallest absolute Gasteiger partial charge is 0.394 e. The molecule has 1 fully saturated rings. The zero-order chi connectivity index (χ0) is 19.2. The number of rotatable bonds is 3. The van der Waals surface area contributed by atoms with Crippen LogP contribution in [0, 0.1) is 22.0 Å². The van der Waals surface area contributed by atoms with Crippen LogP contribution < -0.4 is 0 Å². The maximum Gasteiger partial charge on any atom is 0.394 e. The van der Waals surface area contributed by atoms with E-state index < -0.39 is 47.9 Å². The maximum atomic E-state index is 13.0. The summed E-state index contributed by atoms with van der Waals surface area (Å²) < 4.78 is 44.3. The molecular formula is C15H11F3N2O6. The van der Waals surface area contributed by atoms with Crippen LogP contribution in [-0.4, -0.2) is 46.1 Å². The van der Waals surface area contributed by atoms with Crippen molar-refractivity contribution >= 4 is 28.5 Å². The van der Waals surface area contributed by atoms with Crippen molar-refractivity contribution in [3.05, 3.63) is 40.1 Å². The number of benzene rings is 1. The summed E-state index contributed by atoms with van der Waals surface area (Å²) in [4.78, 5) is 34.4. The molecule has 0 radical (unpaired) electrons. The van der Waals surface area contributed by atoms with E-state index in [1.54, 1.807) is 0 Å². The van der Waals surface area contributed by atoms with Crippen LogP contribution in [0.3, 0.4) is 0 Å². The number of amides is 1. The minimum atomic E-state index is -4.76. The van der Waals surface area contributed by atoms with Gasteiger partial charge >= 0.3 is 12.1 Å². The maximum absolute atomic E-state index is 13.0. The van der Waals surface area contributed by atoms with Gasteiger partial charge in [-0.25, -0.2) is 0 Å². The number of alkyl halides is 3. The third-order valence-corrected chi connectivity index (χ3v) is 4.27. The molecule has 11 heteroatoms. The van der Waals surface area contributed by atoms with Crippen molar-refractivity contribution in [3.63, 3.8) is 0 Å². The lowest BCUT2D eigenvalue weighted by Crippen LogP contribution is -2.34. The number of hydrogen-bond donors (Lipinski definition) is 1. The standard InChI is InChI=1S/C15H11F3N2O6/c16-15(17,18)10-6-19(5-9(10)14(22)23)13(21)12-4-7-3-8(20(24)25)1-2-11(7)26-12/h1-4,9-10H,5-6H2,(H,22,23)/t9-,10-/m1/s1. The number of furan rings is 1. The van der Waals surface area contributed by atoms with E-state index in [1.807, 2.05) is 0 Å². The van der Waals surface area contributed by atoms with Crippen molar-refractivity contribution in [2.75, 3.05) is 13.1 Å². The highest BCUT2D eigenvalue weighted by molar-refractivity contribution is 5.97. The van der Waals surface area contributed by atoms with Gasteiger partial charge in [-0.05, 0) is 12.1 Å². The summed E-state index contributed by atoms with van der Waals surface area (Å²) in [6.45, 7) is -1.40. The Morgan fingerprint density at radius 3 is 2.50 bits per heavy atom. The fraction of sp³-hybridized carbons (Fsp3) is 0.333. The van der Waals surface area contributed by atoms with Crippen LogP contribution in [0.5, 0.6) is 0 Å². The van der Waals surface area contributed by atoms with Gasteiger partial charge in [0.2, 0.25) is 0 Å². The zero-order valence-electron chi connectivity index (χ0n) is 12.9. The quantitative estimate of drug-likeness (QED) is 0.654. The SMILES string of the molecule is O=C(O)[C@@H]1CN(C(=O)c2cc3cc([N+](=O)[O-])ccc3o2)C[C@H]1C(F)(F)F.